The van der Waals surface area contributed by atoms with Crippen LogP contribution in [0.1, 0.15) is 48.2 Å². The number of halogens is 1. The van der Waals surface area contributed by atoms with Gasteiger partial charge in [-0.15, -0.1) is 0 Å². The molecule has 0 saturated heterocycles. The van der Waals surface area contributed by atoms with Gasteiger partial charge < -0.3 is 4.57 Å². The van der Waals surface area contributed by atoms with Gasteiger partial charge in [0.2, 0.25) is 5.78 Å². The number of rotatable bonds is 7. The Kier molecular flexibility index (Phi) is 6.91. The molecule has 0 aliphatic heterocycles. The lowest BCUT2D eigenvalue weighted by atomic mass is 10.0. The molecule has 1 aromatic heterocycles. The minimum atomic E-state index is -0.0184. The maximum absolute atomic E-state index is 12.6. The molecule has 0 bridgehead atoms. The van der Waals surface area contributed by atoms with Gasteiger partial charge in [0.15, 0.2) is 5.16 Å². The minimum absolute atomic E-state index is 0.0184. The van der Waals surface area contributed by atoms with Crippen molar-refractivity contribution in [3.8, 4) is 0 Å². The average molecular weight is 395 g/mol. The second-order valence-electron chi connectivity index (χ2n) is 6.30. The summed E-state index contributed by atoms with van der Waals surface area (Å²) >= 11 is 9.72. The van der Waals surface area contributed by atoms with E-state index in [-0.39, 0.29) is 5.78 Å². The number of thioether (sulfide) groups is 2. The van der Waals surface area contributed by atoms with E-state index in [2.05, 4.69) is 16.7 Å². The Hall–Kier alpha value is -0.910. The van der Waals surface area contributed by atoms with Crippen molar-refractivity contribution in [2.45, 2.75) is 42.5 Å². The summed E-state index contributed by atoms with van der Waals surface area (Å²) in [5.74, 6) is 2.15. The lowest BCUT2D eigenvalue weighted by Crippen LogP contribution is -2.09. The van der Waals surface area contributed by atoms with Gasteiger partial charge in [0.05, 0.1) is 6.20 Å². The Bertz CT molecular complexity index is 709. The standard InChI is InChI=1S/C19H23ClN2OS2/c1-22-17(18(23)14-7-9-15(20)10-8-14)13-21-19(22)25-12-11-24-16-5-3-2-4-6-16/h7-10,13,16H,2-6,11-12H2,1H3. The molecule has 1 fully saturated rings. The molecule has 1 aliphatic carbocycles. The Morgan fingerprint density at radius 3 is 2.64 bits per heavy atom. The molecular weight excluding hydrogens is 372 g/mol. The van der Waals surface area contributed by atoms with Crippen molar-refractivity contribution < 1.29 is 4.79 Å². The quantitative estimate of drug-likeness (QED) is 0.354. The number of aromatic nitrogens is 2. The number of imidazole rings is 1. The fourth-order valence-electron chi connectivity index (χ4n) is 3.07. The van der Waals surface area contributed by atoms with Crippen LogP contribution in [0, 0.1) is 0 Å². The maximum Gasteiger partial charge on any atom is 0.211 e. The van der Waals surface area contributed by atoms with Crippen LogP contribution in [0.3, 0.4) is 0 Å². The molecule has 0 N–H and O–H groups in total. The maximum atomic E-state index is 12.6. The largest absolute Gasteiger partial charge is 0.319 e. The molecule has 6 heteroatoms. The average Bonchev–Trinajstić information content (AvgIpc) is 3.00. The first kappa shape index (κ1) is 18.9. The predicted octanol–water partition coefficient (Wildman–Crippen LogP) is 5.46. The summed E-state index contributed by atoms with van der Waals surface area (Å²) in [4.78, 5) is 17.0. The summed E-state index contributed by atoms with van der Waals surface area (Å²) in [6.07, 6.45) is 8.60. The van der Waals surface area contributed by atoms with Crippen LogP contribution in [-0.4, -0.2) is 32.1 Å². The normalized spacial score (nSPS) is 15.4. The first-order valence-electron chi connectivity index (χ1n) is 8.71. The molecule has 0 atom stereocenters. The number of benzene rings is 1. The number of hydrogen-bond donors (Lipinski definition) is 0. The predicted molar refractivity (Wildman–Crippen MR) is 108 cm³/mol. The van der Waals surface area contributed by atoms with E-state index < -0.39 is 0 Å². The second kappa shape index (κ2) is 9.15. The Morgan fingerprint density at radius 1 is 1.20 bits per heavy atom. The zero-order chi connectivity index (χ0) is 17.6. The number of ketones is 1. The van der Waals surface area contributed by atoms with Gasteiger partial charge in [-0.3, -0.25) is 4.79 Å². The van der Waals surface area contributed by atoms with Gasteiger partial charge in [-0.05, 0) is 37.1 Å². The van der Waals surface area contributed by atoms with E-state index in [1.807, 2.05) is 11.6 Å². The third kappa shape index (κ3) is 5.05. The van der Waals surface area contributed by atoms with Gasteiger partial charge in [-0.2, -0.15) is 11.8 Å². The van der Waals surface area contributed by atoms with Gasteiger partial charge in [-0.25, -0.2) is 4.98 Å². The number of hydrogen-bond acceptors (Lipinski definition) is 4. The van der Waals surface area contributed by atoms with Crippen LogP contribution in [0.25, 0.3) is 0 Å². The van der Waals surface area contributed by atoms with E-state index in [0.29, 0.717) is 16.3 Å². The van der Waals surface area contributed by atoms with Crippen LogP contribution >= 0.6 is 35.1 Å². The molecule has 2 aromatic rings. The van der Waals surface area contributed by atoms with Crippen molar-refractivity contribution in [3.63, 3.8) is 0 Å². The zero-order valence-electron chi connectivity index (χ0n) is 14.4. The third-order valence-corrected chi connectivity index (χ3v) is 7.44. The summed E-state index contributed by atoms with van der Waals surface area (Å²) in [6.45, 7) is 0. The summed E-state index contributed by atoms with van der Waals surface area (Å²) < 4.78 is 1.90. The van der Waals surface area contributed by atoms with Gasteiger partial charge >= 0.3 is 0 Å². The molecule has 134 valence electrons. The first-order valence-corrected chi connectivity index (χ1v) is 11.1. The summed E-state index contributed by atoms with van der Waals surface area (Å²) in [5, 5.41) is 2.38. The van der Waals surface area contributed by atoms with E-state index >= 15 is 0 Å². The van der Waals surface area contributed by atoms with E-state index in [4.69, 9.17) is 11.6 Å². The van der Waals surface area contributed by atoms with E-state index in [1.165, 1.54) is 32.1 Å². The summed E-state index contributed by atoms with van der Waals surface area (Å²) in [7, 11) is 1.91. The lowest BCUT2D eigenvalue weighted by molar-refractivity contribution is 0.103. The van der Waals surface area contributed by atoms with Crippen LogP contribution in [0.4, 0.5) is 0 Å². The SMILES string of the molecule is Cn1c(C(=O)c2ccc(Cl)cc2)cnc1SCCSC1CCCCC1. The molecule has 3 nitrogen and oxygen atoms in total. The highest BCUT2D eigenvalue weighted by Crippen LogP contribution is 2.29. The molecule has 3 rings (SSSR count). The minimum Gasteiger partial charge on any atom is -0.319 e. The number of nitrogens with zero attached hydrogens (tertiary/aromatic N) is 2. The highest BCUT2D eigenvalue weighted by Gasteiger charge is 2.17. The van der Waals surface area contributed by atoms with Crippen molar-refractivity contribution in [2.24, 2.45) is 7.05 Å². The fraction of sp³-hybridized carbons (Fsp3) is 0.474. The summed E-state index contributed by atoms with van der Waals surface area (Å²) in [5.41, 5.74) is 1.25. The van der Waals surface area contributed by atoms with Gasteiger partial charge in [0, 0.05) is 34.4 Å². The van der Waals surface area contributed by atoms with Crippen molar-refractivity contribution in [1.29, 1.82) is 0 Å². The number of carbonyl (C=O) groups is 1. The molecular formula is C19H23ClN2OS2. The third-order valence-electron chi connectivity index (χ3n) is 4.50. The van der Waals surface area contributed by atoms with Gasteiger partial charge in [-0.1, -0.05) is 42.6 Å². The lowest BCUT2D eigenvalue weighted by Gasteiger charge is -2.20. The fourth-order valence-corrected chi connectivity index (χ4v) is 5.51. The van der Waals surface area contributed by atoms with Gasteiger partial charge in [0.1, 0.15) is 5.69 Å². The van der Waals surface area contributed by atoms with E-state index in [0.717, 1.165) is 21.9 Å². The molecule has 0 radical (unpaired) electrons. The topological polar surface area (TPSA) is 34.9 Å². The van der Waals surface area contributed by atoms with Crippen LogP contribution in [0.2, 0.25) is 5.02 Å². The van der Waals surface area contributed by atoms with Crippen molar-refractivity contribution >= 4 is 40.9 Å². The smallest absolute Gasteiger partial charge is 0.211 e. The van der Waals surface area contributed by atoms with Crippen molar-refractivity contribution in [3.05, 3.63) is 46.7 Å². The molecule has 25 heavy (non-hydrogen) atoms. The molecule has 0 unspecified atom stereocenters. The van der Waals surface area contributed by atoms with Crippen LogP contribution < -0.4 is 0 Å². The summed E-state index contributed by atoms with van der Waals surface area (Å²) in [6, 6.07) is 6.99. The van der Waals surface area contributed by atoms with E-state index in [9.17, 15) is 4.79 Å². The molecule has 1 aliphatic rings. The van der Waals surface area contributed by atoms with E-state index in [1.54, 1.807) is 42.2 Å². The van der Waals surface area contributed by atoms with Crippen molar-refractivity contribution in [1.82, 2.24) is 9.55 Å². The molecule has 1 saturated carbocycles. The second-order valence-corrected chi connectivity index (χ2v) is 9.21. The highest BCUT2D eigenvalue weighted by atomic mass is 35.5. The molecule has 0 spiro atoms. The molecule has 0 amide bonds. The van der Waals surface area contributed by atoms with Crippen LogP contribution in [-0.2, 0) is 7.05 Å². The molecule has 1 heterocycles. The van der Waals surface area contributed by atoms with Crippen LogP contribution in [0.5, 0.6) is 0 Å². The monoisotopic (exact) mass is 394 g/mol. The van der Waals surface area contributed by atoms with Crippen LogP contribution in [0.15, 0.2) is 35.6 Å². The zero-order valence-corrected chi connectivity index (χ0v) is 16.8. The van der Waals surface area contributed by atoms with Crippen molar-refractivity contribution in [2.75, 3.05) is 11.5 Å². The Morgan fingerprint density at radius 2 is 1.92 bits per heavy atom. The first-order chi connectivity index (χ1) is 12.1. The van der Waals surface area contributed by atoms with Gasteiger partial charge in [0.25, 0.3) is 0 Å². The Labute approximate surface area is 162 Å². The highest BCUT2D eigenvalue weighted by molar-refractivity contribution is 8.03. The Balaban J connectivity index is 1.53. The number of carbonyl (C=O) groups excluding carboxylic acids is 1. The molecule has 1 aromatic carbocycles.